The fourth-order valence-electron chi connectivity index (χ4n) is 1.69. The summed E-state index contributed by atoms with van der Waals surface area (Å²) < 4.78 is 11.2. The Morgan fingerprint density at radius 1 is 1.23 bits per heavy atom. The van der Waals surface area contributed by atoms with Gasteiger partial charge in [0.1, 0.15) is 0 Å². The number of hydrogen-bond donors (Lipinski definition) is 0. The van der Waals surface area contributed by atoms with Gasteiger partial charge in [-0.15, -0.1) is 0 Å². The van der Waals surface area contributed by atoms with Gasteiger partial charge >= 0.3 is 5.97 Å². The lowest BCUT2D eigenvalue weighted by atomic mass is 9.94. The summed E-state index contributed by atoms with van der Waals surface area (Å²) in [6.45, 7) is 15.6. The summed E-state index contributed by atoms with van der Waals surface area (Å²) in [6.07, 6.45) is 0.298. The van der Waals surface area contributed by atoms with Crippen molar-refractivity contribution in [2.75, 3.05) is 6.61 Å². The van der Waals surface area contributed by atoms with E-state index in [1.54, 1.807) is 0 Å². The van der Waals surface area contributed by atoms with Gasteiger partial charge in [0.25, 0.3) is 5.54 Å². The zero-order valence-corrected chi connectivity index (χ0v) is 16.2. The molecule has 1 unspecified atom stereocenters. The van der Waals surface area contributed by atoms with Crippen molar-refractivity contribution in [1.82, 2.24) is 0 Å². The molecule has 0 radical (unpaired) electrons. The first-order valence-corrected chi connectivity index (χ1v) is 10.6. The highest BCUT2D eigenvalue weighted by molar-refractivity contribution is 6.74. The van der Waals surface area contributed by atoms with Crippen LogP contribution >= 0.6 is 0 Å². The molecule has 0 aliphatic heterocycles. The highest BCUT2D eigenvalue weighted by Crippen LogP contribution is 2.36. The minimum absolute atomic E-state index is 0.127. The number of rotatable bonds is 8. The van der Waals surface area contributed by atoms with E-state index in [4.69, 9.17) is 9.16 Å². The van der Waals surface area contributed by atoms with Crippen LogP contribution in [-0.2, 0) is 14.0 Å². The zero-order valence-electron chi connectivity index (χ0n) is 15.2. The topological polar surface area (TPSA) is 78.7 Å². The second-order valence-electron chi connectivity index (χ2n) is 7.76. The molecule has 0 rings (SSSR count). The number of nitro groups is 1. The standard InChI is InChI=1S/C15H31NO5Si/c1-12(17)21-13(15(5,6)16(18)19)10-9-11-20-22(7,8)14(2,3)4/h13H,9-11H2,1-8H3. The molecule has 1 atom stereocenters. The first-order valence-electron chi connectivity index (χ1n) is 7.67. The maximum Gasteiger partial charge on any atom is 0.303 e. The summed E-state index contributed by atoms with van der Waals surface area (Å²) in [6, 6.07) is 0. The Morgan fingerprint density at radius 3 is 2.09 bits per heavy atom. The molecule has 0 aromatic rings. The van der Waals surface area contributed by atoms with E-state index >= 15 is 0 Å². The third-order valence-electron chi connectivity index (χ3n) is 4.45. The molecule has 130 valence electrons. The normalized spacial score (nSPS) is 14.5. The van der Waals surface area contributed by atoms with E-state index in [-0.39, 0.29) is 5.04 Å². The monoisotopic (exact) mass is 333 g/mol. The lowest BCUT2D eigenvalue weighted by Crippen LogP contribution is -2.46. The molecule has 0 aromatic carbocycles. The summed E-state index contributed by atoms with van der Waals surface area (Å²) in [7, 11) is -1.82. The Kier molecular flexibility index (Phi) is 7.22. The van der Waals surface area contributed by atoms with E-state index in [1.807, 2.05) is 0 Å². The maximum atomic E-state index is 11.2. The molecule has 22 heavy (non-hydrogen) atoms. The van der Waals surface area contributed by atoms with Gasteiger partial charge in [0, 0.05) is 32.3 Å². The summed E-state index contributed by atoms with van der Waals surface area (Å²) in [5.74, 6) is -0.495. The van der Waals surface area contributed by atoms with E-state index in [0.717, 1.165) is 0 Å². The van der Waals surface area contributed by atoms with Crippen LogP contribution in [0.25, 0.3) is 0 Å². The molecule has 0 heterocycles. The van der Waals surface area contributed by atoms with Gasteiger partial charge in [-0.1, -0.05) is 20.8 Å². The quantitative estimate of drug-likeness (QED) is 0.222. The summed E-state index contributed by atoms with van der Waals surface area (Å²) in [4.78, 5) is 21.9. The summed E-state index contributed by atoms with van der Waals surface area (Å²) in [5, 5.41) is 11.3. The molecule has 0 N–H and O–H groups in total. The predicted octanol–water partition coefficient (Wildman–Crippen LogP) is 3.78. The Morgan fingerprint density at radius 2 is 1.73 bits per heavy atom. The van der Waals surface area contributed by atoms with Crippen LogP contribution in [0.4, 0.5) is 0 Å². The Hall–Kier alpha value is -0.953. The van der Waals surface area contributed by atoms with E-state index < -0.39 is 30.9 Å². The van der Waals surface area contributed by atoms with Crippen molar-refractivity contribution in [2.24, 2.45) is 0 Å². The van der Waals surface area contributed by atoms with Crippen LogP contribution in [0.1, 0.15) is 54.4 Å². The maximum absolute atomic E-state index is 11.2. The van der Waals surface area contributed by atoms with Crippen molar-refractivity contribution >= 4 is 14.3 Å². The Balaban J connectivity index is 4.61. The molecule has 0 aliphatic carbocycles. The van der Waals surface area contributed by atoms with Crippen LogP contribution in [0.15, 0.2) is 0 Å². The molecule has 6 nitrogen and oxygen atoms in total. The first kappa shape index (κ1) is 21.0. The largest absolute Gasteiger partial charge is 0.455 e. The van der Waals surface area contributed by atoms with E-state index in [1.165, 1.54) is 20.8 Å². The molecule has 7 heteroatoms. The molecular weight excluding hydrogens is 302 g/mol. The van der Waals surface area contributed by atoms with Gasteiger partial charge < -0.3 is 9.16 Å². The average molecular weight is 334 g/mol. The minimum Gasteiger partial charge on any atom is -0.455 e. The van der Waals surface area contributed by atoms with Gasteiger partial charge in [0.2, 0.25) is 0 Å². The number of esters is 1. The van der Waals surface area contributed by atoms with Crippen LogP contribution in [0.5, 0.6) is 0 Å². The molecular formula is C15H31NO5Si. The van der Waals surface area contributed by atoms with Crippen LogP contribution < -0.4 is 0 Å². The van der Waals surface area contributed by atoms with Gasteiger partial charge in [0.05, 0.1) is 0 Å². The van der Waals surface area contributed by atoms with Crippen molar-refractivity contribution in [3.8, 4) is 0 Å². The lowest BCUT2D eigenvalue weighted by molar-refractivity contribution is -0.573. The summed E-state index contributed by atoms with van der Waals surface area (Å²) in [5.41, 5.74) is -1.30. The number of carbonyl (C=O) groups excluding carboxylic acids is 1. The molecule has 0 aliphatic rings. The summed E-state index contributed by atoms with van der Waals surface area (Å²) >= 11 is 0. The van der Waals surface area contributed by atoms with E-state index in [0.29, 0.717) is 19.4 Å². The second kappa shape index (κ2) is 7.54. The van der Waals surface area contributed by atoms with Gasteiger partial charge in [-0.05, 0) is 31.0 Å². The number of hydrogen-bond acceptors (Lipinski definition) is 5. The molecule has 0 saturated heterocycles. The van der Waals surface area contributed by atoms with Crippen molar-refractivity contribution in [3.05, 3.63) is 10.1 Å². The smallest absolute Gasteiger partial charge is 0.303 e. The minimum atomic E-state index is -1.82. The highest BCUT2D eigenvalue weighted by atomic mass is 28.4. The van der Waals surface area contributed by atoms with Gasteiger partial charge in [-0.25, -0.2) is 0 Å². The highest BCUT2D eigenvalue weighted by Gasteiger charge is 2.43. The third-order valence-corrected chi connectivity index (χ3v) is 8.98. The fraction of sp³-hybridized carbons (Fsp3) is 0.933. The number of nitrogens with zero attached hydrogens (tertiary/aromatic N) is 1. The van der Waals surface area contributed by atoms with Crippen LogP contribution in [-0.4, -0.2) is 37.5 Å². The number of ether oxygens (including phenoxy) is 1. The second-order valence-corrected chi connectivity index (χ2v) is 12.6. The van der Waals surface area contributed by atoms with Crippen LogP contribution in [0, 0.1) is 10.1 Å². The average Bonchev–Trinajstić information content (AvgIpc) is 2.30. The lowest BCUT2D eigenvalue weighted by Gasteiger charge is -2.36. The van der Waals surface area contributed by atoms with Crippen LogP contribution in [0.3, 0.4) is 0 Å². The molecule has 0 fully saturated rings. The Labute approximate surface area is 134 Å². The molecule has 0 saturated carbocycles. The fourth-order valence-corrected chi connectivity index (χ4v) is 2.77. The Bertz CT molecular complexity index is 401. The van der Waals surface area contributed by atoms with Crippen molar-refractivity contribution in [3.63, 3.8) is 0 Å². The zero-order chi connectivity index (χ0) is 17.8. The molecule has 0 aromatic heterocycles. The van der Waals surface area contributed by atoms with E-state index in [2.05, 4.69) is 33.9 Å². The molecule has 0 spiro atoms. The third kappa shape index (κ3) is 6.04. The van der Waals surface area contributed by atoms with Crippen molar-refractivity contribution < 1.29 is 18.9 Å². The number of carbonyl (C=O) groups is 1. The van der Waals surface area contributed by atoms with E-state index in [9.17, 15) is 14.9 Å². The van der Waals surface area contributed by atoms with Gasteiger partial charge in [0.15, 0.2) is 14.4 Å². The molecule has 0 bridgehead atoms. The van der Waals surface area contributed by atoms with Crippen LogP contribution in [0.2, 0.25) is 18.1 Å². The predicted molar refractivity (Wildman–Crippen MR) is 89.0 cm³/mol. The molecule has 0 amide bonds. The first-order chi connectivity index (χ1) is 9.72. The van der Waals surface area contributed by atoms with Crippen molar-refractivity contribution in [2.45, 2.75) is 84.2 Å². The SMILES string of the molecule is CC(=O)OC(CCCO[Si](C)(C)C(C)(C)C)C(C)(C)[N+](=O)[O-]. The van der Waals surface area contributed by atoms with Gasteiger partial charge in [-0.2, -0.15) is 0 Å². The van der Waals surface area contributed by atoms with Crippen molar-refractivity contribution in [1.29, 1.82) is 0 Å². The van der Waals surface area contributed by atoms with Gasteiger partial charge in [-0.3, -0.25) is 14.9 Å².